The molecule has 92 valence electrons. The first-order valence-electron chi connectivity index (χ1n) is 5.05. The molecule has 0 aliphatic rings. The summed E-state index contributed by atoms with van der Waals surface area (Å²) in [4.78, 5) is 23.0. The van der Waals surface area contributed by atoms with Crippen LogP contribution < -0.4 is 11.1 Å². The van der Waals surface area contributed by atoms with Gasteiger partial charge in [-0.05, 0) is 40.5 Å². The average molecular weight is 317 g/mol. The Labute approximate surface area is 113 Å². The van der Waals surface area contributed by atoms with Crippen molar-refractivity contribution in [1.82, 2.24) is 5.32 Å². The Morgan fingerprint density at radius 2 is 2.12 bits per heavy atom. The zero-order valence-electron chi connectivity index (χ0n) is 9.07. The van der Waals surface area contributed by atoms with E-state index < -0.39 is 0 Å². The van der Waals surface area contributed by atoms with E-state index in [9.17, 15) is 9.59 Å². The normalized spacial score (nSPS) is 10.0. The van der Waals surface area contributed by atoms with E-state index in [1.54, 1.807) is 18.2 Å². The van der Waals surface area contributed by atoms with Gasteiger partial charge in [0.05, 0.1) is 5.56 Å². The number of rotatable bonds is 5. The molecule has 1 aromatic rings. The van der Waals surface area contributed by atoms with Gasteiger partial charge in [-0.3, -0.25) is 9.59 Å². The number of hydrogen-bond donors (Lipinski definition) is 3. The molecule has 0 atom stereocenters. The van der Waals surface area contributed by atoms with Gasteiger partial charge in [-0.2, -0.15) is 0 Å². The molecule has 3 N–H and O–H groups in total. The summed E-state index contributed by atoms with van der Waals surface area (Å²) < 4.78 is 0.711. The second-order valence-electron chi connectivity index (χ2n) is 3.49. The van der Waals surface area contributed by atoms with Gasteiger partial charge in [0, 0.05) is 22.3 Å². The van der Waals surface area contributed by atoms with Gasteiger partial charge in [0.15, 0.2) is 0 Å². The van der Waals surface area contributed by atoms with Crippen molar-refractivity contribution < 1.29 is 9.59 Å². The summed E-state index contributed by atoms with van der Waals surface area (Å²) in [6.07, 6.45) is 0.813. The Kier molecular flexibility index (Phi) is 5.50. The Hall–Kier alpha value is -1.01. The summed E-state index contributed by atoms with van der Waals surface area (Å²) in [5.41, 5.74) is 5.52. The number of halogens is 1. The first-order chi connectivity index (χ1) is 8.00. The van der Waals surface area contributed by atoms with Crippen molar-refractivity contribution in [3.05, 3.63) is 28.2 Å². The van der Waals surface area contributed by atoms with Crippen LogP contribution in [-0.2, 0) is 4.79 Å². The molecule has 0 aliphatic carbocycles. The molecule has 17 heavy (non-hydrogen) atoms. The quantitative estimate of drug-likeness (QED) is 0.572. The highest BCUT2D eigenvalue weighted by Crippen LogP contribution is 2.20. The molecule has 4 nitrogen and oxygen atoms in total. The van der Waals surface area contributed by atoms with E-state index in [1.807, 2.05) is 0 Å². The third kappa shape index (κ3) is 4.79. The van der Waals surface area contributed by atoms with Gasteiger partial charge < -0.3 is 11.1 Å². The van der Waals surface area contributed by atoms with Crippen LogP contribution in [0.5, 0.6) is 0 Å². The Morgan fingerprint density at radius 1 is 1.41 bits per heavy atom. The van der Waals surface area contributed by atoms with E-state index in [1.165, 1.54) is 0 Å². The van der Waals surface area contributed by atoms with E-state index in [0.717, 1.165) is 4.90 Å². The second kappa shape index (κ2) is 6.66. The fourth-order valence-corrected chi connectivity index (χ4v) is 1.88. The number of hydrogen-bond acceptors (Lipinski definition) is 3. The minimum atomic E-state index is -0.363. The summed E-state index contributed by atoms with van der Waals surface area (Å²) in [6.45, 7) is 0.422. The summed E-state index contributed by atoms with van der Waals surface area (Å²) in [7, 11) is 0. The Morgan fingerprint density at radius 3 is 2.76 bits per heavy atom. The number of carbonyl (C=O) groups is 2. The van der Waals surface area contributed by atoms with Crippen molar-refractivity contribution in [3.63, 3.8) is 0 Å². The Balaban J connectivity index is 2.52. The van der Waals surface area contributed by atoms with Crippen molar-refractivity contribution in [3.8, 4) is 0 Å². The number of thiol groups is 1. The van der Waals surface area contributed by atoms with Gasteiger partial charge in [0.2, 0.25) is 5.91 Å². The number of carbonyl (C=O) groups excluding carboxylic acids is 2. The summed E-state index contributed by atoms with van der Waals surface area (Å²) >= 11 is 7.46. The van der Waals surface area contributed by atoms with Gasteiger partial charge in [-0.1, -0.05) is 0 Å². The SMILES string of the molecule is NC(=O)CCCNC(=O)c1cc(S)ccc1Br. The molecule has 1 rings (SSSR count). The molecule has 0 radical (unpaired) electrons. The molecule has 0 aliphatic heterocycles. The summed E-state index contributed by atoms with van der Waals surface area (Å²) in [5.74, 6) is -0.560. The predicted octanol–water partition coefficient (Wildman–Crippen LogP) is 1.73. The van der Waals surface area contributed by atoms with E-state index >= 15 is 0 Å². The summed E-state index contributed by atoms with van der Waals surface area (Å²) in [6, 6.07) is 5.23. The molecule has 0 saturated carbocycles. The van der Waals surface area contributed by atoms with Crippen molar-refractivity contribution in [2.45, 2.75) is 17.7 Å². The average Bonchev–Trinajstić information content (AvgIpc) is 2.27. The number of amides is 2. The van der Waals surface area contributed by atoms with Gasteiger partial charge in [0.25, 0.3) is 5.91 Å². The molecule has 0 saturated heterocycles. The van der Waals surface area contributed by atoms with E-state index in [2.05, 4.69) is 33.9 Å². The van der Waals surface area contributed by atoms with E-state index in [-0.39, 0.29) is 18.2 Å². The van der Waals surface area contributed by atoms with Crippen LogP contribution in [0.2, 0.25) is 0 Å². The standard InChI is InChI=1S/C11H13BrN2O2S/c12-9-4-3-7(17)6-8(9)11(16)14-5-1-2-10(13)15/h3-4,6,17H,1-2,5H2,(H2,13,15)(H,14,16). The van der Waals surface area contributed by atoms with Crippen LogP contribution in [-0.4, -0.2) is 18.4 Å². The zero-order chi connectivity index (χ0) is 12.8. The maximum atomic E-state index is 11.8. The van der Waals surface area contributed by atoms with Crippen LogP contribution >= 0.6 is 28.6 Å². The highest BCUT2D eigenvalue weighted by atomic mass is 79.9. The van der Waals surface area contributed by atoms with E-state index in [0.29, 0.717) is 23.0 Å². The molecule has 0 heterocycles. The molecular weight excluding hydrogens is 304 g/mol. The maximum absolute atomic E-state index is 11.8. The van der Waals surface area contributed by atoms with Crippen molar-refractivity contribution in [1.29, 1.82) is 0 Å². The fraction of sp³-hybridized carbons (Fsp3) is 0.273. The highest BCUT2D eigenvalue weighted by Gasteiger charge is 2.09. The van der Waals surface area contributed by atoms with Crippen LogP contribution in [0.1, 0.15) is 23.2 Å². The lowest BCUT2D eigenvalue weighted by atomic mass is 10.2. The van der Waals surface area contributed by atoms with Crippen molar-refractivity contribution in [2.24, 2.45) is 5.73 Å². The van der Waals surface area contributed by atoms with Gasteiger partial charge in [0.1, 0.15) is 0 Å². The molecule has 0 bridgehead atoms. The topological polar surface area (TPSA) is 72.2 Å². The van der Waals surface area contributed by atoms with E-state index in [4.69, 9.17) is 5.73 Å². The number of nitrogens with two attached hydrogens (primary N) is 1. The first kappa shape index (κ1) is 14.1. The molecule has 0 fully saturated rings. The predicted molar refractivity (Wildman–Crippen MR) is 72.2 cm³/mol. The lowest BCUT2D eigenvalue weighted by Crippen LogP contribution is -2.25. The van der Waals surface area contributed by atoms with Gasteiger partial charge in [-0.15, -0.1) is 12.6 Å². The van der Waals surface area contributed by atoms with Crippen molar-refractivity contribution in [2.75, 3.05) is 6.54 Å². The monoisotopic (exact) mass is 316 g/mol. The third-order valence-corrected chi connectivity index (χ3v) is 3.05. The summed E-state index contributed by atoms with van der Waals surface area (Å²) in [5, 5.41) is 2.71. The van der Waals surface area contributed by atoms with Crippen molar-refractivity contribution >= 4 is 40.4 Å². The minimum absolute atomic E-state index is 0.197. The third-order valence-electron chi connectivity index (χ3n) is 2.08. The van der Waals surface area contributed by atoms with Crippen LogP contribution in [0, 0.1) is 0 Å². The van der Waals surface area contributed by atoms with Crippen LogP contribution in [0.4, 0.5) is 0 Å². The molecule has 0 unspecified atom stereocenters. The fourth-order valence-electron chi connectivity index (χ4n) is 1.25. The van der Waals surface area contributed by atoms with Crippen LogP contribution in [0.15, 0.2) is 27.6 Å². The Bertz CT molecular complexity index is 437. The molecular formula is C11H13BrN2O2S. The molecule has 2 amide bonds. The largest absolute Gasteiger partial charge is 0.370 e. The first-order valence-corrected chi connectivity index (χ1v) is 6.29. The van der Waals surface area contributed by atoms with Crippen LogP contribution in [0.25, 0.3) is 0 Å². The number of nitrogens with one attached hydrogen (secondary N) is 1. The molecule has 0 spiro atoms. The smallest absolute Gasteiger partial charge is 0.252 e. The minimum Gasteiger partial charge on any atom is -0.370 e. The maximum Gasteiger partial charge on any atom is 0.252 e. The highest BCUT2D eigenvalue weighted by molar-refractivity contribution is 9.10. The molecule has 1 aromatic carbocycles. The second-order valence-corrected chi connectivity index (χ2v) is 4.86. The molecule has 0 aromatic heterocycles. The number of benzene rings is 1. The van der Waals surface area contributed by atoms with Crippen LogP contribution in [0.3, 0.4) is 0 Å². The van der Waals surface area contributed by atoms with Gasteiger partial charge >= 0.3 is 0 Å². The molecule has 6 heteroatoms. The number of primary amides is 1. The zero-order valence-corrected chi connectivity index (χ0v) is 11.6. The lowest BCUT2D eigenvalue weighted by molar-refractivity contribution is -0.118. The lowest BCUT2D eigenvalue weighted by Gasteiger charge is -2.06. The van der Waals surface area contributed by atoms with Gasteiger partial charge in [-0.25, -0.2) is 0 Å².